The number of hydrogen-bond donors (Lipinski definition) is 2. The van der Waals surface area contributed by atoms with Crippen LogP contribution in [0.15, 0.2) is 95.4 Å². The lowest BCUT2D eigenvalue weighted by Gasteiger charge is -2.10. The highest BCUT2D eigenvalue weighted by atomic mass is 32.1. The van der Waals surface area contributed by atoms with Gasteiger partial charge in [0.2, 0.25) is 5.89 Å². The van der Waals surface area contributed by atoms with Gasteiger partial charge in [-0.1, -0.05) is 48.5 Å². The Hall–Kier alpha value is -4.29. The van der Waals surface area contributed by atoms with Gasteiger partial charge in [-0.05, 0) is 90.8 Å². The van der Waals surface area contributed by atoms with Gasteiger partial charge in [-0.3, -0.25) is 10.1 Å². The Labute approximate surface area is 208 Å². The van der Waals surface area contributed by atoms with Crippen molar-refractivity contribution in [2.24, 2.45) is 0 Å². The maximum absolute atomic E-state index is 12.5. The summed E-state index contributed by atoms with van der Waals surface area (Å²) < 4.78 is 5.96. The van der Waals surface area contributed by atoms with Gasteiger partial charge < -0.3 is 9.73 Å². The topological polar surface area (TPSA) is 67.2 Å². The molecule has 0 saturated heterocycles. The molecule has 4 aromatic carbocycles. The number of benzene rings is 4. The molecule has 1 amide bonds. The zero-order valence-electron chi connectivity index (χ0n) is 19.3. The molecule has 0 radical (unpaired) electrons. The van der Waals surface area contributed by atoms with Gasteiger partial charge in [0.05, 0.1) is 0 Å². The van der Waals surface area contributed by atoms with Crippen LogP contribution in [0.4, 0.5) is 5.69 Å². The lowest BCUT2D eigenvalue weighted by atomic mass is 10.0. The summed E-state index contributed by atoms with van der Waals surface area (Å²) in [6.45, 7) is 3.98. The van der Waals surface area contributed by atoms with Crippen LogP contribution in [-0.2, 0) is 0 Å². The molecule has 0 aliphatic heterocycles. The number of amides is 1. The Balaban J connectivity index is 1.29. The Kier molecular flexibility index (Phi) is 6.12. The molecule has 0 bridgehead atoms. The quantitative estimate of drug-likeness (QED) is 0.276. The third kappa shape index (κ3) is 4.98. The average molecular weight is 478 g/mol. The molecule has 6 heteroatoms. The maximum atomic E-state index is 12.5. The van der Waals surface area contributed by atoms with E-state index in [0.717, 1.165) is 27.8 Å². The van der Waals surface area contributed by atoms with Crippen molar-refractivity contribution >= 4 is 40.0 Å². The smallest absolute Gasteiger partial charge is 0.257 e. The van der Waals surface area contributed by atoms with Gasteiger partial charge in [0.25, 0.3) is 5.91 Å². The second-order valence-electron chi connectivity index (χ2n) is 8.35. The molecule has 0 aliphatic rings. The minimum absolute atomic E-state index is 0.216. The lowest BCUT2D eigenvalue weighted by Crippen LogP contribution is -2.34. The van der Waals surface area contributed by atoms with Crippen LogP contribution in [0.2, 0.25) is 0 Å². The Morgan fingerprint density at radius 1 is 0.800 bits per heavy atom. The highest BCUT2D eigenvalue weighted by Crippen LogP contribution is 2.28. The van der Waals surface area contributed by atoms with Crippen molar-refractivity contribution in [3.63, 3.8) is 0 Å². The SMILES string of the molecule is Cc1ccc(C(=O)NC(=S)Nc2ccc3oc(-c4ccc(-c5ccccc5)cc4)nc3c2)cc1C. The number of aromatic nitrogens is 1. The largest absolute Gasteiger partial charge is 0.436 e. The number of nitrogens with one attached hydrogen (secondary N) is 2. The maximum Gasteiger partial charge on any atom is 0.257 e. The fourth-order valence-electron chi connectivity index (χ4n) is 3.78. The molecule has 1 aromatic heterocycles. The summed E-state index contributed by atoms with van der Waals surface area (Å²) in [7, 11) is 0. The van der Waals surface area contributed by atoms with E-state index < -0.39 is 0 Å². The fraction of sp³-hybridized carbons (Fsp3) is 0.0690. The third-order valence-electron chi connectivity index (χ3n) is 5.88. The average Bonchev–Trinajstić information content (AvgIpc) is 3.30. The van der Waals surface area contributed by atoms with Crippen LogP contribution < -0.4 is 10.6 Å². The van der Waals surface area contributed by atoms with Gasteiger partial charge in [0, 0.05) is 16.8 Å². The van der Waals surface area contributed by atoms with Crippen molar-refractivity contribution in [1.82, 2.24) is 10.3 Å². The van der Waals surface area contributed by atoms with Crippen molar-refractivity contribution in [3.8, 4) is 22.6 Å². The van der Waals surface area contributed by atoms with Crippen LogP contribution in [0.25, 0.3) is 33.7 Å². The molecule has 0 fully saturated rings. The van der Waals surface area contributed by atoms with Crippen LogP contribution in [0.3, 0.4) is 0 Å². The van der Waals surface area contributed by atoms with E-state index in [0.29, 0.717) is 28.2 Å². The molecular formula is C29H23N3O2S. The molecule has 5 nitrogen and oxygen atoms in total. The molecule has 5 rings (SSSR count). The number of carbonyl (C=O) groups excluding carboxylic acids is 1. The predicted octanol–water partition coefficient (Wildman–Crippen LogP) is 6.91. The number of anilines is 1. The van der Waals surface area contributed by atoms with Gasteiger partial charge in [0.1, 0.15) is 5.52 Å². The van der Waals surface area contributed by atoms with Crippen LogP contribution in [0.1, 0.15) is 21.5 Å². The zero-order chi connectivity index (χ0) is 24.4. The first-order valence-electron chi connectivity index (χ1n) is 11.2. The number of fused-ring (bicyclic) bond motifs is 1. The first kappa shape index (κ1) is 22.5. The van der Waals surface area contributed by atoms with Crippen molar-refractivity contribution < 1.29 is 9.21 Å². The second-order valence-corrected chi connectivity index (χ2v) is 8.76. The number of rotatable bonds is 4. The molecular weight excluding hydrogens is 454 g/mol. The van der Waals surface area contributed by atoms with Gasteiger partial charge in [0.15, 0.2) is 10.7 Å². The van der Waals surface area contributed by atoms with E-state index in [4.69, 9.17) is 16.6 Å². The standard InChI is InChI=1S/C29H23N3O2S/c1-18-8-9-23(16-19(18)2)27(33)32-29(35)30-24-14-15-26-25(17-24)31-28(34-26)22-12-10-21(11-13-22)20-6-4-3-5-7-20/h3-17H,1-2H3,(H2,30,32,33,35). The summed E-state index contributed by atoms with van der Waals surface area (Å²) in [5.74, 6) is 0.289. The highest BCUT2D eigenvalue weighted by molar-refractivity contribution is 7.80. The first-order chi connectivity index (χ1) is 17.0. The van der Waals surface area contributed by atoms with Crippen LogP contribution in [-0.4, -0.2) is 16.0 Å². The molecule has 0 atom stereocenters. The van der Waals surface area contributed by atoms with Crippen molar-refractivity contribution in [3.05, 3.63) is 108 Å². The van der Waals surface area contributed by atoms with E-state index >= 15 is 0 Å². The number of oxazole rings is 1. The van der Waals surface area contributed by atoms with Gasteiger partial charge >= 0.3 is 0 Å². The molecule has 0 saturated carbocycles. The second kappa shape index (κ2) is 9.52. The van der Waals surface area contributed by atoms with E-state index in [9.17, 15) is 4.79 Å². The van der Waals surface area contributed by atoms with Crippen LogP contribution >= 0.6 is 12.2 Å². The molecule has 0 spiro atoms. The van der Waals surface area contributed by atoms with E-state index in [-0.39, 0.29) is 11.0 Å². The summed E-state index contributed by atoms with van der Waals surface area (Å²) in [6, 6.07) is 29.4. The Bertz CT molecular complexity index is 1540. The van der Waals surface area contributed by atoms with E-state index in [1.807, 2.05) is 74.5 Å². The lowest BCUT2D eigenvalue weighted by molar-refractivity contribution is 0.0977. The number of nitrogens with zero attached hydrogens (tertiary/aromatic N) is 1. The van der Waals surface area contributed by atoms with E-state index in [1.165, 1.54) is 0 Å². The molecule has 35 heavy (non-hydrogen) atoms. The summed E-state index contributed by atoms with van der Waals surface area (Å²) in [4.78, 5) is 17.2. The molecule has 2 N–H and O–H groups in total. The van der Waals surface area contributed by atoms with E-state index in [2.05, 4.69) is 39.9 Å². The molecule has 5 aromatic rings. The van der Waals surface area contributed by atoms with Crippen LogP contribution in [0, 0.1) is 13.8 Å². The predicted molar refractivity (Wildman–Crippen MR) is 144 cm³/mol. The molecule has 0 unspecified atom stereocenters. The zero-order valence-corrected chi connectivity index (χ0v) is 20.1. The molecule has 172 valence electrons. The van der Waals surface area contributed by atoms with E-state index in [1.54, 1.807) is 6.07 Å². The minimum Gasteiger partial charge on any atom is -0.436 e. The van der Waals surface area contributed by atoms with Crippen molar-refractivity contribution in [2.45, 2.75) is 13.8 Å². The molecule has 1 heterocycles. The number of hydrogen-bond acceptors (Lipinski definition) is 4. The van der Waals surface area contributed by atoms with Crippen LogP contribution in [0.5, 0.6) is 0 Å². The van der Waals surface area contributed by atoms with Crippen molar-refractivity contribution in [1.29, 1.82) is 0 Å². The summed E-state index contributed by atoms with van der Waals surface area (Å²) in [5.41, 5.74) is 8.01. The number of carbonyl (C=O) groups is 1. The minimum atomic E-state index is -0.255. The normalized spacial score (nSPS) is 10.8. The Morgan fingerprint density at radius 2 is 1.51 bits per heavy atom. The highest BCUT2D eigenvalue weighted by Gasteiger charge is 2.12. The van der Waals surface area contributed by atoms with Gasteiger partial charge in [-0.15, -0.1) is 0 Å². The summed E-state index contributed by atoms with van der Waals surface area (Å²) in [5, 5.41) is 6.00. The number of aryl methyl sites for hydroxylation is 2. The van der Waals surface area contributed by atoms with Gasteiger partial charge in [-0.25, -0.2) is 4.98 Å². The summed E-state index contributed by atoms with van der Waals surface area (Å²) >= 11 is 5.34. The summed E-state index contributed by atoms with van der Waals surface area (Å²) in [6.07, 6.45) is 0. The Morgan fingerprint density at radius 3 is 2.26 bits per heavy atom. The number of thiocarbonyl (C=S) groups is 1. The third-order valence-corrected chi connectivity index (χ3v) is 6.08. The fourth-order valence-corrected chi connectivity index (χ4v) is 4.00. The first-order valence-corrected chi connectivity index (χ1v) is 11.6. The van der Waals surface area contributed by atoms with Crippen molar-refractivity contribution in [2.75, 3.05) is 5.32 Å². The van der Waals surface area contributed by atoms with Gasteiger partial charge in [-0.2, -0.15) is 0 Å². The molecule has 0 aliphatic carbocycles. The monoisotopic (exact) mass is 477 g/mol.